The van der Waals surface area contributed by atoms with Crippen molar-refractivity contribution in [3.63, 3.8) is 0 Å². The molecule has 1 N–H and O–H groups in total. The van der Waals surface area contributed by atoms with Crippen LogP contribution in [0.2, 0.25) is 5.02 Å². The SMILES string of the molecule is CCOc1cc(C(=O)Nc2ccc(C)cc2[N+](=O)[O-])cc(Cl)c1OC. The Balaban J connectivity index is 2.38. The fraction of sp³-hybridized carbons (Fsp3) is 0.235. The second-order valence-electron chi connectivity index (χ2n) is 5.15. The van der Waals surface area contributed by atoms with Crippen LogP contribution in [0.15, 0.2) is 30.3 Å². The number of amides is 1. The van der Waals surface area contributed by atoms with Crippen molar-refractivity contribution >= 4 is 28.9 Å². The summed E-state index contributed by atoms with van der Waals surface area (Å²) >= 11 is 6.13. The first kappa shape index (κ1) is 18.5. The first-order valence-corrected chi connectivity index (χ1v) is 7.81. The normalized spacial score (nSPS) is 10.2. The van der Waals surface area contributed by atoms with Gasteiger partial charge in [0.15, 0.2) is 11.5 Å². The van der Waals surface area contributed by atoms with Crippen LogP contribution in [0.25, 0.3) is 0 Å². The third-order valence-corrected chi connectivity index (χ3v) is 3.65. The van der Waals surface area contributed by atoms with Crippen LogP contribution in [0, 0.1) is 17.0 Å². The maximum atomic E-state index is 12.5. The Morgan fingerprint density at radius 3 is 2.64 bits per heavy atom. The molecule has 2 aromatic carbocycles. The highest BCUT2D eigenvalue weighted by atomic mass is 35.5. The van der Waals surface area contributed by atoms with Crippen molar-refractivity contribution in [2.24, 2.45) is 0 Å². The molecular formula is C17H17ClN2O5. The molecule has 2 rings (SSSR count). The van der Waals surface area contributed by atoms with E-state index < -0.39 is 10.8 Å². The minimum atomic E-state index is -0.546. The van der Waals surface area contributed by atoms with Crippen molar-refractivity contribution in [2.75, 3.05) is 19.0 Å². The number of hydrogen-bond donors (Lipinski definition) is 1. The second-order valence-corrected chi connectivity index (χ2v) is 5.56. The van der Waals surface area contributed by atoms with Gasteiger partial charge in [0.2, 0.25) is 0 Å². The van der Waals surface area contributed by atoms with Gasteiger partial charge in [0.25, 0.3) is 11.6 Å². The summed E-state index contributed by atoms with van der Waals surface area (Å²) in [5, 5.41) is 13.9. The van der Waals surface area contributed by atoms with Gasteiger partial charge in [-0.1, -0.05) is 17.7 Å². The van der Waals surface area contributed by atoms with E-state index in [4.69, 9.17) is 21.1 Å². The molecule has 0 bridgehead atoms. The largest absolute Gasteiger partial charge is 0.491 e. The van der Waals surface area contributed by atoms with Crippen LogP contribution in [-0.2, 0) is 0 Å². The van der Waals surface area contributed by atoms with Gasteiger partial charge in [-0.3, -0.25) is 14.9 Å². The quantitative estimate of drug-likeness (QED) is 0.612. The van der Waals surface area contributed by atoms with E-state index in [2.05, 4.69) is 5.32 Å². The van der Waals surface area contributed by atoms with E-state index in [0.29, 0.717) is 18.1 Å². The molecule has 0 aliphatic rings. The molecule has 0 saturated carbocycles. The predicted octanol–water partition coefficient (Wildman–Crippen LogP) is 4.22. The molecule has 0 atom stereocenters. The Bertz CT molecular complexity index is 823. The second kappa shape index (κ2) is 7.85. The van der Waals surface area contributed by atoms with Gasteiger partial charge in [-0.15, -0.1) is 0 Å². The minimum absolute atomic E-state index is 0.102. The van der Waals surface area contributed by atoms with Crippen LogP contribution in [0.4, 0.5) is 11.4 Å². The van der Waals surface area contributed by atoms with Gasteiger partial charge in [0.1, 0.15) is 5.69 Å². The van der Waals surface area contributed by atoms with Gasteiger partial charge in [0.05, 0.1) is 23.7 Å². The summed E-state index contributed by atoms with van der Waals surface area (Å²) in [6.45, 7) is 3.88. The lowest BCUT2D eigenvalue weighted by Gasteiger charge is -2.13. The Hall–Kier alpha value is -2.80. The molecule has 0 fully saturated rings. The first-order valence-electron chi connectivity index (χ1n) is 7.44. The van der Waals surface area contributed by atoms with Crippen molar-refractivity contribution in [1.82, 2.24) is 0 Å². The number of carbonyl (C=O) groups excluding carboxylic acids is 1. The average Bonchev–Trinajstić information content (AvgIpc) is 2.56. The number of aryl methyl sites for hydroxylation is 1. The lowest BCUT2D eigenvalue weighted by molar-refractivity contribution is -0.384. The highest BCUT2D eigenvalue weighted by molar-refractivity contribution is 6.32. The number of benzene rings is 2. The van der Waals surface area contributed by atoms with Gasteiger partial charge in [-0.05, 0) is 37.6 Å². The standard InChI is InChI=1S/C17H17ClN2O5/c1-4-25-15-9-11(8-12(18)16(15)24-3)17(21)19-13-6-5-10(2)7-14(13)20(22)23/h5-9H,4H2,1-3H3,(H,19,21). The summed E-state index contributed by atoms with van der Waals surface area (Å²) in [5.74, 6) is 0.0971. The molecule has 25 heavy (non-hydrogen) atoms. The maximum Gasteiger partial charge on any atom is 0.293 e. The van der Waals surface area contributed by atoms with E-state index >= 15 is 0 Å². The monoisotopic (exact) mass is 364 g/mol. The summed E-state index contributed by atoms with van der Waals surface area (Å²) in [5.41, 5.74) is 0.837. The Morgan fingerprint density at radius 2 is 2.04 bits per heavy atom. The molecule has 8 heteroatoms. The number of rotatable bonds is 6. The van der Waals surface area contributed by atoms with Gasteiger partial charge in [-0.25, -0.2) is 0 Å². The number of hydrogen-bond acceptors (Lipinski definition) is 5. The summed E-state index contributed by atoms with van der Waals surface area (Å²) in [6.07, 6.45) is 0. The lowest BCUT2D eigenvalue weighted by atomic mass is 10.1. The number of nitro groups is 1. The number of anilines is 1. The molecule has 0 aliphatic heterocycles. The number of carbonyl (C=O) groups is 1. The Morgan fingerprint density at radius 1 is 1.32 bits per heavy atom. The lowest BCUT2D eigenvalue weighted by Crippen LogP contribution is -2.14. The van der Waals surface area contributed by atoms with Crippen molar-refractivity contribution in [3.05, 3.63) is 56.6 Å². The van der Waals surface area contributed by atoms with Crippen LogP contribution in [0.3, 0.4) is 0 Å². The zero-order valence-corrected chi connectivity index (χ0v) is 14.7. The molecule has 0 spiro atoms. The van der Waals surface area contributed by atoms with Crippen molar-refractivity contribution in [1.29, 1.82) is 0 Å². The molecule has 0 saturated heterocycles. The van der Waals surface area contributed by atoms with E-state index in [1.807, 2.05) is 0 Å². The molecule has 0 aromatic heterocycles. The van der Waals surface area contributed by atoms with Gasteiger partial charge in [-0.2, -0.15) is 0 Å². The smallest absolute Gasteiger partial charge is 0.293 e. The number of nitrogens with one attached hydrogen (secondary N) is 1. The topological polar surface area (TPSA) is 90.7 Å². The van der Waals surface area contributed by atoms with Crippen molar-refractivity contribution in [3.8, 4) is 11.5 Å². The molecule has 0 unspecified atom stereocenters. The Labute approximate surface area is 149 Å². The van der Waals surface area contributed by atoms with Crippen LogP contribution >= 0.6 is 11.6 Å². The average molecular weight is 365 g/mol. The van der Waals surface area contributed by atoms with Crippen LogP contribution in [-0.4, -0.2) is 24.5 Å². The fourth-order valence-corrected chi connectivity index (χ4v) is 2.54. The van der Waals surface area contributed by atoms with Crippen LogP contribution in [0.1, 0.15) is 22.8 Å². The molecule has 7 nitrogen and oxygen atoms in total. The summed E-state index contributed by atoms with van der Waals surface area (Å²) in [4.78, 5) is 23.1. The van der Waals surface area contributed by atoms with E-state index in [0.717, 1.165) is 5.56 Å². The minimum Gasteiger partial charge on any atom is -0.491 e. The first-order chi connectivity index (χ1) is 11.9. The summed E-state index contributed by atoms with van der Waals surface area (Å²) in [7, 11) is 1.44. The predicted molar refractivity (Wildman–Crippen MR) is 95.0 cm³/mol. The molecule has 0 radical (unpaired) electrons. The maximum absolute atomic E-state index is 12.5. The molecular weight excluding hydrogens is 348 g/mol. The number of ether oxygens (including phenoxy) is 2. The van der Waals surface area contributed by atoms with Gasteiger partial charge >= 0.3 is 0 Å². The number of nitrogens with zero attached hydrogens (tertiary/aromatic N) is 1. The molecule has 1 amide bonds. The third kappa shape index (κ3) is 4.19. The number of methoxy groups -OCH3 is 1. The third-order valence-electron chi connectivity index (χ3n) is 3.37. The van der Waals surface area contributed by atoms with Crippen molar-refractivity contribution in [2.45, 2.75) is 13.8 Å². The van der Waals surface area contributed by atoms with E-state index in [1.165, 1.54) is 31.4 Å². The molecule has 132 valence electrons. The van der Waals surface area contributed by atoms with Gasteiger partial charge < -0.3 is 14.8 Å². The Kier molecular flexibility index (Phi) is 5.82. The molecule has 0 heterocycles. The number of halogens is 1. The zero-order chi connectivity index (χ0) is 18.6. The summed E-state index contributed by atoms with van der Waals surface area (Å²) in [6, 6.07) is 7.44. The van der Waals surface area contributed by atoms with Crippen molar-refractivity contribution < 1.29 is 19.2 Å². The van der Waals surface area contributed by atoms with Gasteiger partial charge in [0, 0.05) is 11.6 Å². The zero-order valence-electron chi connectivity index (χ0n) is 14.0. The number of nitro benzene ring substituents is 1. The van der Waals surface area contributed by atoms with E-state index in [1.54, 1.807) is 19.9 Å². The highest BCUT2D eigenvalue weighted by Gasteiger charge is 2.19. The summed E-state index contributed by atoms with van der Waals surface area (Å²) < 4.78 is 10.6. The molecule has 2 aromatic rings. The fourth-order valence-electron chi connectivity index (χ4n) is 2.25. The highest BCUT2D eigenvalue weighted by Crippen LogP contribution is 2.36. The van der Waals surface area contributed by atoms with E-state index in [9.17, 15) is 14.9 Å². The molecule has 0 aliphatic carbocycles. The van der Waals surface area contributed by atoms with Crippen LogP contribution < -0.4 is 14.8 Å². The van der Waals surface area contributed by atoms with Crippen LogP contribution in [0.5, 0.6) is 11.5 Å². The van der Waals surface area contributed by atoms with E-state index in [-0.39, 0.29) is 22.0 Å².